The molecule has 2 aromatic carbocycles. The molecule has 0 saturated carbocycles. The first kappa shape index (κ1) is 14.2. The lowest BCUT2D eigenvalue weighted by atomic mass is 9.97. The molecule has 21 heavy (non-hydrogen) atoms. The number of thioether (sulfide) groups is 1. The van der Waals surface area contributed by atoms with Gasteiger partial charge in [0.25, 0.3) is 5.91 Å². The minimum absolute atomic E-state index is 0.00899. The van der Waals surface area contributed by atoms with E-state index in [-0.39, 0.29) is 11.9 Å². The molecule has 0 fully saturated rings. The predicted octanol–water partition coefficient (Wildman–Crippen LogP) is 2.94. The summed E-state index contributed by atoms with van der Waals surface area (Å²) >= 11 is 1.59. The first-order chi connectivity index (χ1) is 10.2. The second-order valence-corrected chi connectivity index (χ2v) is 6.06. The number of amides is 1. The Morgan fingerprint density at radius 3 is 2.71 bits per heavy atom. The van der Waals surface area contributed by atoms with Crippen molar-refractivity contribution in [1.82, 2.24) is 0 Å². The second-order valence-electron chi connectivity index (χ2n) is 5.21. The zero-order chi connectivity index (χ0) is 14.8. The third-order valence-corrected chi connectivity index (χ3v) is 4.56. The molecule has 2 aromatic rings. The fourth-order valence-corrected chi connectivity index (χ4v) is 3.38. The van der Waals surface area contributed by atoms with Crippen LogP contribution in [-0.2, 0) is 6.42 Å². The Balaban J connectivity index is 2.02. The minimum Gasteiger partial charge on any atom is -0.326 e. The lowest BCUT2D eigenvalue weighted by Crippen LogP contribution is -2.46. The molecule has 4 heteroatoms. The number of fused-ring (bicyclic) bond motifs is 1. The summed E-state index contributed by atoms with van der Waals surface area (Å²) in [6, 6.07) is 15.7. The van der Waals surface area contributed by atoms with Crippen molar-refractivity contribution in [1.29, 1.82) is 0 Å². The van der Waals surface area contributed by atoms with Crippen molar-refractivity contribution >= 4 is 23.4 Å². The van der Waals surface area contributed by atoms with E-state index in [0.717, 1.165) is 28.1 Å². The molecule has 1 heterocycles. The summed E-state index contributed by atoms with van der Waals surface area (Å²) in [7, 11) is 0. The molecule has 0 aromatic heterocycles. The number of hydrogen-bond acceptors (Lipinski definition) is 3. The van der Waals surface area contributed by atoms with Crippen molar-refractivity contribution in [3.63, 3.8) is 0 Å². The van der Waals surface area contributed by atoms with E-state index in [1.54, 1.807) is 11.8 Å². The fourth-order valence-electron chi connectivity index (χ4n) is 2.79. The van der Waals surface area contributed by atoms with Gasteiger partial charge in [0.1, 0.15) is 0 Å². The van der Waals surface area contributed by atoms with Crippen LogP contribution in [0.5, 0.6) is 0 Å². The molecule has 1 aliphatic rings. The highest BCUT2D eigenvalue weighted by Gasteiger charge is 2.28. The van der Waals surface area contributed by atoms with E-state index in [1.807, 2.05) is 53.6 Å². The van der Waals surface area contributed by atoms with Crippen molar-refractivity contribution in [2.45, 2.75) is 17.4 Å². The first-order valence-electron chi connectivity index (χ1n) is 6.99. The number of benzene rings is 2. The maximum atomic E-state index is 12.9. The third-order valence-electron chi connectivity index (χ3n) is 3.76. The standard InChI is InChI=1S/C17H18N2OS/c1-21-16-9-5-3-7-14(16)17(20)19-11-13(18)10-12-6-2-4-8-15(12)19/h2-9,13H,10-11,18H2,1H3. The maximum Gasteiger partial charge on any atom is 0.259 e. The molecule has 1 unspecified atom stereocenters. The van der Waals surface area contributed by atoms with Crippen molar-refractivity contribution in [3.05, 3.63) is 59.7 Å². The maximum absolute atomic E-state index is 12.9. The molecule has 0 bridgehead atoms. The molecular formula is C17H18N2OS. The van der Waals surface area contributed by atoms with Crippen molar-refractivity contribution in [3.8, 4) is 0 Å². The van der Waals surface area contributed by atoms with Crippen LogP contribution in [0.25, 0.3) is 0 Å². The molecule has 1 amide bonds. The number of carbonyl (C=O) groups excluding carboxylic acids is 1. The van der Waals surface area contributed by atoms with Crippen LogP contribution in [-0.4, -0.2) is 24.7 Å². The number of nitrogens with two attached hydrogens (primary N) is 1. The quantitative estimate of drug-likeness (QED) is 0.867. The zero-order valence-corrected chi connectivity index (χ0v) is 12.8. The molecule has 3 nitrogen and oxygen atoms in total. The van der Waals surface area contributed by atoms with Crippen LogP contribution in [0.4, 0.5) is 5.69 Å². The monoisotopic (exact) mass is 298 g/mol. The summed E-state index contributed by atoms with van der Waals surface area (Å²) in [5.41, 5.74) is 9.00. The van der Waals surface area contributed by atoms with Crippen LogP contribution in [0.2, 0.25) is 0 Å². The molecule has 108 valence electrons. The van der Waals surface area contributed by atoms with Gasteiger partial charge >= 0.3 is 0 Å². The molecule has 3 rings (SSSR count). The molecule has 0 spiro atoms. The zero-order valence-electron chi connectivity index (χ0n) is 12.0. The Hall–Kier alpha value is -1.78. The van der Waals surface area contributed by atoms with Gasteiger partial charge < -0.3 is 10.6 Å². The topological polar surface area (TPSA) is 46.3 Å². The van der Waals surface area contributed by atoms with Crippen LogP contribution in [0.15, 0.2) is 53.4 Å². The van der Waals surface area contributed by atoms with Crippen LogP contribution < -0.4 is 10.6 Å². The normalized spacial score (nSPS) is 17.4. The molecule has 0 saturated heterocycles. The van der Waals surface area contributed by atoms with Gasteiger partial charge in [-0.3, -0.25) is 4.79 Å². The minimum atomic E-state index is -0.00899. The lowest BCUT2D eigenvalue weighted by Gasteiger charge is -2.33. The van der Waals surface area contributed by atoms with E-state index >= 15 is 0 Å². The first-order valence-corrected chi connectivity index (χ1v) is 8.21. The summed E-state index contributed by atoms with van der Waals surface area (Å²) < 4.78 is 0. The Bertz CT molecular complexity index is 671. The smallest absolute Gasteiger partial charge is 0.259 e. The lowest BCUT2D eigenvalue weighted by molar-refractivity contribution is 0.0980. The van der Waals surface area contributed by atoms with Gasteiger partial charge in [0.05, 0.1) is 5.56 Å². The van der Waals surface area contributed by atoms with Crippen molar-refractivity contribution in [2.24, 2.45) is 5.73 Å². The molecule has 1 atom stereocenters. The number of nitrogens with zero attached hydrogens (tertiary/aromatic N) is 1. The number of para-hydroxylation sites is 1. The Kier molecular flexibility index (Phi) is 3.99. The van der Waals surface area contributed by atoms with E-state index < -0.39 is 0 Å². The van der Waals surface area contributed by atoms with Gasteiger partial charge in [-0.1, -0.05) is 30.3 Å². The Morgan fingerprint density at radius 1 is 1.19 bits per heavy atom. The summed E-state index contributed by atoms with van der Waals surface area (Å²) in [4.78, 5) is 15.8. The van der Waals surface area contributed by atoms with E-state index in [2.05, 4.69) is 6.07 Å². The van der Waals surface area contributed by atoms with Crippen LogP contribution >= 0.6 is 11.8 Å². The predicted molar refractivity (Wildman–Crippen MR) is 88.0 cm³/mol. The van der Waals surface area contributed by atoms with Crippen molar-refractivity contribution in [2.75, 3.05) is 17.7 Å². The number of carbonyl (C=O) groups is 1. The highest BCUT2D eigenvalue weighted by molar-refractivity contribution is 7.98. The highest BCUT2D eigenvalue weighted by Crippen LogP contribution is 2.30. The molecule has 2 N–H and O–H groups in total. The summed E-state index contributed by atoms with van der Waals surface area (Å²) in [5, 5.41) is 0. The van der Waals surface area contributed by atoms with Gasteiger partial charge in [0, 0.05) is 23.2 Å². The van der Waals surface area contributed by atoms with E-state index in [4.69, 9.17) is 5.73 Å². The number of rotatable bonds is 2. The van der Waals surface area contributed by atoms with E-state index in [0.29, 0.717) is 6.54 Å². The van der Waals surface area contributed by atoms with Crippen molar-refractivity contribution < 1.29 is 4.79 Å². The SMILES string of the molecule is CSc1ccccc1C(=O)N1CC(N)Cc2ccccc21. The second kappa shape index (κ2) is 5.92. The number of anilines is 1. The van der Waals surface area contributed by atoms with Gasteiger partial charge in [0.15, 0.2) is 0 Å². The Morgan fingerprint density at radius 2 is 1.90 bits per heavy atom. The third kappa shape index (κ3) is 2.69. The Labute approximate surface area is 129 Å². The molecule has 0 radical (unpaired) electrons. The van der Waals surface area contributed by atoms with Crippen LogP contribution in [0.3, 0.4) is 0 Å². The molecular weight excluding hydrogens is 280 g/mol. The summed E-state index contributed by atoms with van der Waals surface area (Å²) in [5.74, 6) is 0.0301. The van der Waals surface area contributed by atoms with Gasteiger partial charge in [0.2, 0.25) is 0 Å². The largest absolute Gasteiger partial charge is 0.326 e. The van der Waals surface area contributed by atoms with Gasteiger partial charge in [-0.25, -0.2) is 0 Å². The van der Waals surface area contributed by atoms with Gasteiger partial charge in [-0.15, -0.1) is 11.8 Å². The van der Waals surface area contributed by atoms with Gasteiger partial charge in [-0.2, -0.15) is 0 Å². The average Bonchev–Trinajstić information content (AvgIpc) is 2.53. The van der Waals surface area contributed by atoms with E-state index in [9.17, 15) is 4.79 Å². The summed E-state index contributed by atoms with van der Waals surface area (Å²) in [6.45, 7) is 0.568. The van der Waals surface area contributed by atoms with Crippen LogP contribution in [0, 0.1) is 0 Å². The molecule has 0 aliphatic carbocycles. The fraction of sp³-hybridized carbons (Fsp3) is 0.235. The van der Waals surface area contributed by atoms with Crippen LogP contribution in [0.1, 0.15) is 15.9 Å². The van der Waals surface area contributed by atoms with E-state index in [1.165, 1.54) is 0 Å². The number of hydrogen-bond donors (Lipinski definition) is 1. The van der Waals surface area contributed by atoms with Gasteiger partial charge in [-0.05, 0) is 36.4 Å². The highest BCUT2D eigenvalue weighted by atomic mass is 32.2. The average molecular weight is 298 g/mol. The summed E-state index contributed by atoms with van der Waals surface area (Å²) in [6.07, 6.45) is 2.81. The molecule has 1 aliphatic heterocycles.